The van der Waals surface area contributed by atoms with Crippen molar-refractivity contribution < 1.29 is 0 Å². The highest BCUT2D eigenvalue weighted by atomic mass is 15.2. The summed E-state index contributed by atoms with van der Waals surface area (Å²) in [6.07, 6.45) is 3.11. The van der Waals surface area contributed by atoms with Crippen LogP contribution in [0, 0.1) is 6.92 Å². The molecule has 0 saturated carbocycles. The molecule has 26 heavy (non-hydrogen) atoms. The van der Waals surface area contributed by atoms with Crippen LogP contribution in [0.2, 0.25) is 0 Å². The van der Waals surface area contributed by atoms with Crippen molar-refractivity contribution in [1.82, 2.24) is 15.1 Å². The van der Waals surface area contributed by atoms with Gasteiger partial charge in [0, 0.05) is 44.0 Å². The fourth-order valence-corrected chi connectivity index (χ4v) is 3.78. The Morgan fingerprint density at radius 3 is 2.65 bits per heavy atom. The third-order valence-electron chi connectivity index (χ3n) is 5.40. The summed E-state index contributed by atoms with van der Waals surface area (Å²) in [4.78, 5) is 9.59. The average Bonchev–Trinajstić information content (AvgIpc) is 2.60. The number of benzene rings is 1. The van der Waals surface area contributed by atoms with E-state index in [2.05, 4.69) is 54.2 Å². The van der Waals surface area contributed by atoms with Crippen LogP contribution in [0.25, 0.3) is 0 Å². The fourth-order valence-electron chi connectivity index (χ4n) is 3.78. The number of hydrogen-bond acceptors (Lipinski definition) is 5. The van der Waals surface area contributed by atoms with E-state index in [9.17, 15) is 0 Å². The second-order valence-electron chi connectivity index (χ2n) is 7.69. The zero-order chi connectivity index (χ0) is 18.7. The maximum Gasteiger partial charge on any atom is 0.0948 e. The van der Waals surface area contributed by atoms with Gasteiger partial charge in [0.25, 0.3) is 0 Å². The third-order valence-corrected chi connectivity index (χ3v) is 5.40. The van der Waals surface area contributed by atoms with Crippen molar-refractivity contribution in [3.8, 4) is 0 Å². The molecule has 5 nitrogen and oxygen atoms in total. The third kappa shape index (κ3) is 4.53. The van der Waals surface area contributed by atoms with Crippen molar-refractivity contribution in [3.63, 3.8) is 0 Å². The lowest BCUT2D eigenvalue weighted by Crippen LogP contribution is -2.43. The first kappa shape index (κ1) is 19.1. The molecule has 1 fully saturated rings. The van der Waals surface area contributed by atoms with Crippen molar-refractivity contribution in [2.24, 2.45) is 10.7 Å². The van der Waals surface area contributed by atoms with Crippen LogP contribution >= 0.6 is 0 Å². The van der Waals surface area contributed by atoms with E-state index in [1.807, 2.05) is 6.92 Å². The largest absolute Gasteiger partial charge is 0.372 e. The molecule has 3 N–H and O–H groups in total. The summed E-state index contributed by atoms with van der Waals surface area (Å²) in [7, 11) is 2.18. The molecule has 3 rings (SSSR count). The molecular formula is C21H33N5. The Labute approximate surface area is 158 Å². The van der Waals surface area contributed by atoms with E-state index < -0.39 is 0 Å². The molecule has 2 heterocycles. The van der Waals surface area contributed by atoms with Gasteiger partial charge >= 0.3 is 0 Å². The highest BCUT2D eigenvalue weighted by Crippen LogP contribution is 2.22. The Morgan fingerprint density at radius 2 is 1.96 bits per heavy atom. The van der Waals surface area contributed by atoms with Gasteiger partial charge in [-0.1, -0.05) is 6.07 Å². The van der Waals surface area contributed by atoms with Gasteiger partial charge in [-0.3, -0.25) is 4.99 Å². The average molecular weight is 356 g/mol. The summed E-state index contributed by atoms with van der Waals surface area (Å²) in [5.74, 6) is 0. The van der Waals surface area contributed by atoms with Gasteiger partial charge in [0.1, 0.15) is 0 Å². The first-order valence-electron chi connectivity index (χ1n) is 9.72. The quantitative estimate of drug-likeness (QED) is 0.810. The standard InChI is InChI=1S/C21H33N5/c1-15-11-18-5-6-23-14-19(18)13-20(15)21(24-17(3)22)12-16(2)26-9-7-25(4)8-10-26/h11-13,17,23H,5-10,14,22H2,1-4H3/b16-12+,24-21+. The number of likely N-dealkylation sites (N-methyl/N-ethyl adjacent to an activating group) is 1. The molecule has 0 aromatic heterocycles. The minimum atomic E-state index is -0.213. The molecule has 0 bridgehead atoms. The summed E-state index contributed by atoms with van der Waals surface area (Å²) >= 11 is 0. The summed E-state index contributed by atoms with van der Waals surface area (Å²) < 4.78 is 0. The lowest BCUT2D eigenvalue weighted by molar-refractivity contribution is 0.187. The predicted octanol–water partition coefficient (Wildman–Crippen LogP) is 1.89. The van der Waals surface area contributed by atoms with E-state index in [-0.39, 0.29) is 6.17 Å². The number of nitrogens with one attached hydrogen (secondary N) is 1. The topological polar surface area (TPSA) is 56.9 Å². The number of nitrogens with two attached hydrogens (primary N) is 1. The summed E-state index contributed by atoms with van der Waals surface area (Å²) in [5, 5.41) is 3.47. The number of piperazine rings is 1. The van der Waals surface area contributed by atoms with Crippen LogP contribution in [0.15, 0.2) is 28.9 Å². The van der Waals surface area contributed by atoms with Crippen LogP contribution in [0.4, 0.5) is 0 Å². The summed E-state index contributed by atoms with van der Waals surface area (Å²) in [6.45, 7) is 12.7. The Bertz CT molecular complexity index is 697. The maximum atomic E-state index is 6.04. The minimum absolute atomic E-state index is 0.213. The molecule has 0 radical (unpaired) electrons. The smallest absolute Gasteiger partial charge is 0.0948 e. The van der Waals surface area contributed by atoms with Crippen LogP contribution in [0.5, 0.6) is 0 Å². The number of nitrogens with zero attached hydrogens (tertiary/aromatic N) is 3. The van der Waals surface area contributed by atoms with Crippen LogP contribution in [-0.2, 0) is 13.0 Å². The summed E-state index contributed by atoms with van der Waals surface area (Å²) in [5.41, 5.74) is 13.7. The first-order valence-corrected chi connectivity index (χ1v) is 9.72. The second kappa shape index (κ2) is 8.33. The Hall–Kier alpha value is -1.69. The number of aliphatic imine (C=N–C) groups is 1. The van der Waals surface area contributed by atoms with Crippen LogP contribution in [-0.4, -0.2) is 61.4 Å². The van der Waals surface area contributed by atoms with Gasteiger partial charge in [-0.15, -0.1) is 0 Å². The molecule has 1 aromatic carbocycles. The van der Waals surface area contributed by atoms with Gasteiger partial charge in [-0.2, -0.15) is 0 Å². The van der Waals surface area contributed by atoms with Gasteiger partial charge in [-0.25, -0.2) is 0 Å². The Morgan fingerprint density at radius 1 is 1.23 bits per heavy atom. The molecule has 5 heteroatoms. The fraction of sp³-hybridized carbons (Fsp3) is 0.571. The van der Waals surface area contributed by atoms with Crippen LogP contribution < -0.4 is 11.1 Å². The van der Waals surface area contributed by atoms with Crippen molar-refractivity contribution in [3.05, 3.63) is 46.2 Å². The Balaban J connectivity index is 1.93. The molecule has 1 saturated heterocycles. The van der Waals surface area contributed by atoms with E-state index in [0.717, 1.165) is 51.4 Å². The molecule has 142 valence electrons. The minimum Gasteiger partial charge on any atom is -0.372 e. The molecule has 2 aliphatic heterocycles. The van der Waals surface area contributed by atoms with Crippen LogP contribution in [0.3, 0.4) is 0 Å². The monoisotopic (exact) mass is 355 g/mol. The first-order chi connectivity index (χ1) is 12.4. The van der Waals surface area contributed by atoms with E-state index in [4.69, 9.17) is 10.7 Å². The number of fused-ring (bicyclic) bond motifs is 1. The number of allylic oxidation sites excluding steroid dienone is 2. The zero-order valence-electron chi connectivity index (χ0n) is 16.7. The number of rotatable bonds is 4. The van der Waals surface area contributed by atoms with E-state index >= 15 is 0 Å². The molecule has 2 aliphatic rings. The molecule has 1 atom stereocenters. The molecule has 0 spiro atoms. The van der Waals surface area contributed by atoms with E-state index in [0.29, 0.717) is 0 Å². The van der Waals surface area contributed by atoms with Crippen molar-refractivity contribution >= 4 is 5.71 Å². The van der Waals surface area contributed by atoms with Gasteiger partial charge in [0.2, 0.25) is 0 Å². The highest BCUT2D eigenvalue weighted by Gasteiger charge is 2.17. The molecule has 0 amide bonds. The maximum absolute atomic E-state index is 6.04. The number of hydrogen-bond donors (Lipinski definition) is 2. The van der Waals surface area contributed by atoms with Crippen molar-refractivity contribution in [2.45, 2.75) is 39.9 Å². The highest BCUT2D eigenvalue weighted by molar-refractivity contribution is 6.10. The molecular weight excluding hydrogens is 322 g/mol. The Kier molecular flexibility index (Phi) is 6.12. The zero-order valence-corrected chi connectivity index (χ0v) is 16.7. The summed E-state index contributed by atoms with van der Waals surface area (Å²) in [6, 6.07) is 4.65. The normalized spacial score (nSPS) is 20.9. The SMILES string of the molecule is C/C(=C\C(=N/C(C)N)c1cc2c(cc1C)CCNC2)N1CCN(C)CC1. The number of aryl methyl sites for hydroxylation is 1. The van der Waals surface area contributed by atoms with Gasteiger partial charge in [-0.05, 0) is 69.6 Å². The van der Waals surface area contributed by atoms with Gasteiger partial charge in [0.05, 0.1) is 11.9 Å². The second-order valence-corrected chi connectivity index (χ2v) is 7.69. The van der Waals surface area contributed by atoms with Crippen molar-refractivity contribution in [2.75, 3.05) is 39.8 Å². The molecule has 1 unspecified atom stereocenters. The van der Waals surface area contributed by atoms with Crippen LogP contribution in [0.1, 0.15) is 36.1 Å². The van der Waals surface area contributed by atoms with Gasteiger partial charge < -0.3 is 20.9 Å². The molecule has 0 aliphatic carbocycles. The van der Waals surface area contributed by atoms with Gasteiger partial charge in [0.15, 0.2) is 0 Å². The lowest BCUT2D eigenvalue weighted by atomic mass is 9.92. The van der Waals surface area contributed by atoms with E-state index in [1.54, 1.807) is 0 Å². The predicted molar refractivity (Wildman–Crippen MR) is 110 cm³/mol. The molecule has 1 aromatic rings. The van der Waals surface area contributed by atoms with E-state index in [1.165, 1.54) is 28.0 Å². The lowest BCUT2D eigenvalue weighted by Gasteiger charge is -2.34. The van der Waals surface area contributed by atoms with Crippen molar-refractivity contribution in [1.29, 1.82) is 0 Å².